The number of benzene rings is 2. The van der Waals surface area contributed by atoms with Gasteiger partial charge in [0.1, 0.15) is 0 Å². The molecule has 0 aliphatic rings. The van der Waals surface area contributed by atoms with Gasteiger partial charge < -0.3 is 15.5 Å². The van der Waals surface area contributed by atoms with Crippen LogP contribution in [0.5, 0.6) is 0 Å². The van der Waals surface area contributed by atoms with E-state index in [2.05, 4.69) is 15.7 Å². The van der Waals surface area contributed by atoms with E-state index in [-0.39, 0.29) is 12.2 Å². The zero-order valence-electron chi connectivity index (χ0n) is 17.5. The number of aromatic nitrogens is 2. The van der Waals surface area contributed by atoms with Crippen molar-refractivity contribution in [1.29, 1.82) is 0 Å². The van der Waals surface area contributed by atoms with E-state index in [1.807, 2.05) is 43.3 Å². The molecule has 0 atom stereocenters. The lowest BCUT2D eigenvalue weighted by Crippen LogP contribution is -2.36. The van der Waals surface area contributed by atoms with E-state index < -0.39 is 29.2 Å². The molecule has 1 heterocycles. The van der Waals surface area contributed by atoms with Gasteiger partial charge in [-0.3, -0.25) is 9.59 Å². The highest BCUT2D eigenvalue weighted by atomic mass is 19.4. The maximum absolute atomic E-state index is 13.5. The summed E-state index contributed by atoms with van der Waals surface area (Å²) in [6.07, 6.45) is -1.33. The van der Waals surface area contributed by atoms with Crippen molar-refractivity contribution in [2.45, 2.75) is 12.6 Å². The average Bonchev–Trinajstić information content (AvgIpc) is 3.28. The highest BCUT2D eigenvalue weighted by molar-refractivity contribution is 6.39. The molecular formula is C22H22F3N5O2. The van der Waals surface area contributed by atoms with Crippen LogP contribution in [0.15, 0.2) is 60.9 Å². The standard InChI is InChI=1S/C22H22F3N5O2/c1-29(2)16-6-4-15(5-7-16)10-12-26-20(31)21(32)28-19-9-8-17(30-13-3-11-27-30)14-18(19)22(23,24)25/h3-9,11,13-14H,10,12H2,1-2H3,(H,26,31)(H,28,32). The zero-order chi connectivity index (χ0) is 23.3. The molecule has 7 nitrogen and oxygen atoms in total. The second kappa shape index (κ2) is 9.54. The number of halogens is 3. The van der Waals surface area contributed by atoms with Crippen molar-refractivity contribution < 1.29 is 22.8 Å². The number of hydrogen-bond donors (Lipinski definition) is 2. The molecule has 3 aromatic rings. The third kappa shape index (κ3) is 5.65. The Labute approximate surface area is 182 Å². The Hall–Kier alpha value is -3.82. The van der Waals surface area contributed by atoms with Gasteiger partial charge in [-0.25, -0.2) is 4.68 Å². The molecular weight excluding hydrogens is 423 g/mol. The van der Waals surface area contributed by atoms with Crippen molar-refractivity contribution in [3.05, 3.63) is 72.1 Å². The van der Waals surface area contributed by atoms with E-state index in [9.17, 15) is 22.8 Å². The number of carbonyl (C=O) groups excluding carboxylic acids is 2. The molecule has 168 valence electrons. The maximum Gasteiger partial charge on any atom is 0.418 e. The van der Waals surface area contributed by atoms with Crippen LogP contribution < -0.4 is 15.5 Å². The first-order chi connectivity index (χ1) is 15.1. The van der Waals surface area contributed by atoms with Crippen molar-refractivity contribution >= 4 is 23.2 Å². The molecule has 2 N–H and O–H groups in total. The molecule has 2 amide bonds. The van der Waals surface area contributed by atoms with E-state index in [0.29, 0.717) is 6.42 Å². The predicted molar refractivity (Wildman–Crippen MR) is 115 cm³/mol. The second-order valence-corrected chi connectivity index (χ2v) is 7.20. The Morgan fingerprint density at radius 1 is 1.06 bits per heavy atom. The molecule has 0 aliphatic carbocycles. The summed E-state index contributed by atoms with van der Waals surface area (Å²) in [6, 6.07) is 12.5. The summed E-state index contributed by atoms with van der Waals surface area (Å²) < 4.78 is 41.8. The van der Waals surface area contributed by atoms with Gasteiger partial charge in [-0.05, 0) is 48.4 Å². The lowest BCUT2D eigenvalue weighted by molar-refractivity contribution is -0.138. The molecule has 0 spiro atoms. The summed E-state index contributed by atoms with van der Waals surface area (Å²) in [5.74, 6) is -2.19. The number of amides is 2. The average molecular weight is 445 g/mol. The normalized spacial score (nSPS) is 11.2. The number of nitrogens with one attached hydrogen (secondary N) is 2. The largest absolute Gasteiger partial charge is 0.418 e. The first-order valence-corrected chi connectivity index (χ1v) is 9.72. The van der Waals surface area contributed by atoms with Crippen molar-refractivity contribution in [3.63, 3.8) is 0 Å². The lowest BCUT2D eigenvalue weighted by atomic mass is 10.1. The molecule has 1 aromatic heterocycles. The molecule has 0 fully saturated rings. The van der Waals surface area contributed by atoms with Gasteiger partial charge >= 0.3 is 18.0 Å². The Bertz CT molecular complexity index is 1080. The van der Waals surface area contributed by atoms with Crippen LogP contribution in [0, 0.1) is 0 Å². The van der Waals surface area contributed by atoms with Gasteiger partial charge in [-0.15, -0.1) is 0 Å². The van der Waals surface area contributed by atoms with E-state index in [0.717, 1.165) is 23.4 Å². The molecule has 2 aromatic carbocycles. The van der Waals surface area contributed by atoms with E-state index in [1.165, 1.54) is 23.1 Å². The van der Waals surface area contributed by atoms with Gasteiger partial charge in [0.2, 0.25) is 0 Å². The summed E-state index contributed by atoms with van der Waals surface area (Å²) in [7, 11) is 3.84. The van der Waals surface area contributed by atoms with Crippen molar-refractivity contribution in [3.8, 4) is 5.69 Å². The summed E-state index contributed by atoms with van der Waals surface area (Å²) >= 11 is 0. The summed E-state index contributed by atoms with van der Waals surface area (Å²) in [4.78, 5) is 26.2. The molecule has 0 bridgehead atoms. The quantitative estimate of drug-likeness (QED) is 0.571. The Balaban J connectivity index is 1.62. The van der Waals surface area contributed by atoms with Gasteiger partial charge in [0.25, 0.3) is 0 Å². The van der Waals surface area contributed by atoms with E-state index >= 15 is 0 Å². The van der Waals surface area contributed by atoms with Crippen LogP contribution in [-0.2, 0) is 22.2 Å². The third-order valence-electron chi connectivity index (χ3n) is 4.68. The van der Waals surface area contributed by atoms with Gasteiger partial charge in [0.15, 0.2) is 0 Å². The highest BCUT2D eigenvalue weighted by Gasteiger charge is 2.35. The lowest BCUT2D eigenvalue weighted by Gasteiger charge is -2.15. The third-order valence-corrected chi connectivity index (χ3v) is 4.68. The number of anilines is 2. The highest BCUT2D eigenvalue weighted by Crippen LogP contribution is 2.36. The van der Waals surface area contributed by atoms with Crippen molar-refractivity contribution in [1.82, 2.24) is 15.1 Å². The number of nitrogens with zero attached hydrogens (tertiary/aromatic N) is 3. The summed E-state index contributed by atoms with van der Waals surface area (Å²) in [5.41, 5.74) is 0.562. The Kier molecular flexibility index (Phi) is 6.82. The second-order valence-electron chi connectivity index (χ2n) is 7.20. The topological polar surface area (TPSA) is 79.3 Å². The minimum atomic E-state index is -4.74. The van der Waals surface area contributed by atoms with Crippen LogP contribution in [0.4, 0.5) is 24.5 Å². The SMILES string of the molecule is CN(C)c1ccc(CCNC(=O)C(=O)Nc2ccc(-n3cccn3)cc2C(F)(F)F)cc1. The fourth-order valence-corrected chi connectivity index (χ4v) is 2.98. The van der Waals surface area contributed by atoms with Crippen molar-refractivity contribution in [2.24, 2.45) is 0 Å². The first-order valence-electron chi connectivity index (χ1n) is 9.72. The van der Waals surface area contributed by atoms with E-state index in [1.54, 1.807) is 6.07 Å². The first kappa shape index (κ1) is 22.9. The number of alkyl halides is 3. The monoisotopic (exact) mass is 445 g/mol. The van der Waals surface area contributed by atoms with Gasteiger partial charge in [-0.2, -0.15) is 18.3 Å². The van der Waals surface area contributed by atoms with Crippen LogP contribution in [0.2, 0.25) is 0 Å². The van der Waals surface area contributed by atoms with Gasteiger partial charge in [0, 0.05) is 38.7 Å². The number of hydrogen-bond acceptors (Lipinski definition) is 4. The minimum absolute atomic E-state index is 0.165. The molecule has 32 heavy (non-hydrogen) atoms. The molecule has 0 aliphatic heterocycles. The molecule has 0 saturated carbocycles. The Morgan fingerprint density at radius 2 is 1.78 bits per heavy atom. The number of carbonyl (C=O) groups is 2. The summed E-state index contributed by atoms with van der Waals surface area (Å²) in [5, 5.41) is 8.37. The molecule has 0 unspecified atom stereocenters. The fourth-order valence-electron chi connectivity index (χ4n) is 2.98. The fraction of sp³-hybridized carbons (Fsp3) is 0.227. The zero-order valence-corrected chi connectivity index (χ0v) is 17.5. The van der Waals surface area contributed by atoms with E-state index in [4.69, 9.17) is 0 Å². The summed E-state index contributed by atoms with van der Waals surface area (Å²) in [6.45, 7) is 0.165. The van der Waals surface area contributed by atoms with Crippen LogP contribution >= 0.6 is 0 Å². The van der Waals surface area contributed by atoms with Gasteiger partial charge in [-0.1, -0.05) is 12.1 Å². The van der Waals surface area contributed by atoms with Crippen LogP contribution in [0.1, 0.15) is 11.1 Å². The van der Waals surface area contributed by atoms with Crippen molar-refractivity contribution in [2.75, 3.05) is 30.9 Å². The minimum Gasteiger partial charge on any atom is -0.378 e. The maximum atomic E-state index is 13.5. The molecule has 3 rings (SSSR count). The Morgan fingerprint density at radius 3 is 2.38 bits per heavy atom. The van der Waals surface area contributed by atoms with Crippen LogP contribution in [0.25, 0.3) is 5.69 Å². The van der Waals surface area contributed by atoms with Gasteiger partial charge in [0.05, 0.1) is 16.9 Å². The number of rotatable bonds is 6. The molecule has 0 radical (unpaired) electrons. The molecule has 0 saturated heterocycles. The smallest absolute Gasteiger partial charge is 0.378 e. The van der Waals surface area contributed by atoms with Crippen LogP contribution in [-0.4, -0.2) is 42.2 Å². The predicted octanol–water partition coefficient (Wildman–Crippen LogP) is 3.25. The van der Waals surface area contributed by atoms with Crippen LogP contribution in [0.3, 0.4) is 0 Å². The molecule has 10 heteroatoms.